The summed E-state index contributed by atoms with van der Waals surface area (Å²) in [5, 5.41) is 8.93. The number of para-hydroxylation sites is 1. The van der Waals surface area contributed by atoms with E-state index in [1.807, 2.05) is 36.4 Å². The van der Waals surface area contributed by atoms with Crippen molar-refractivity contribution in [2.24, 2.45) is 0 Å². The van der Waals surface area contributed by atoms with Crippen LogP contribution >= 0.6 is 15.9 Å². The summed E-state index contributed by atoms with van der Waals surface area (Å²) in [6, 6.07) is 14.7. The summed E-state index contributed by atoms with van der Waals surface area (Å²) in [5.41, 5.74) is 1.93. The van der Waals surface area contributed by atoms with Crippen LogP contribution in [0.4, 0.5) is 0 Å². The molecule has 0 unspecified atom stereocenters. The molecule has 21 heavy (non-hydrogen) atoms. The Bertz CT molecular complexity index is 1040. The average Bonchev–Trinajstić information content (AvgIpc) is 2.91. The van der Waals surface area contributed by atoms with E-state index in [2.05, 4.69) is 26.2 Å². The van der Waals surface area contributed by atoms with E-state index >= 15 is 0 Å². The minimum absolute atomic E-state index is 0.342. The highest BCUT2D eigenvalue weighted by Gasteiger charge is 2.12. The van der Waals surface area contributed by atoms with E-state index in [4.69, 9.17) is 4.42 Å². The van der Waals surface area contributed by atoms with Crippen LogP contribution in [0.15, 0.2) is 62.2 Å². The summed E-state index contributed by atoms with van der Waals surface area (Å²) in [5.74, 6) is 0. The van der Waals surface area contributed by atoms with Gasteiger partial charge < -0.3 is 4.42 Å². The molecule has 2 aromatic heterocycles. The molecule has 0 N–H and O–H groups in total. The van der Waals surface area contributed by atoms with Crippen LogP contribution in [-0.4, -0.2) is 15.0 Å². The van der Waals surface area contributed by atoms with Gasteiger partial charge in [-0.25, -0.2) is 9.48 Å². The summed E-state index contributed by atoms with van der Waals surface area (Å²) in [7, 11) is 0. The van der Waals surface area contributed by atoms with E-state index in [1.54, 1.807) is 12.1 Å². The van der Waals surface area contributed by atoms with E-state index < -0.39 is 5.63 Å². The van der Waals surface area contributed by atoms with Crippen LogP contribution in [0, 0.1) is 0 Å². The van der Waals surface area contributed by atoms with Gasteiger partial charge in [0.15, 0.2) is 5.69 Å². The van der Waals surface area contributed by atoms with Gasteiger partial charge in [-0.1, -0.05) is 33.3 Å². The second-order valence-corrected chi connectivity index (χ2v) is 5.51. The highest BCUT2D eigenvalue weighted by Crippen LogP contribution is 2.21. The first-order valence-corrected chi connectivity index (χ1v) is 7.06. The minimum Gasteiger partial charge on any atom is -0.421 e. The Labute approximate surface area is 126 Å². The Morgan fingerprint density at radius 2 is 1.95 bits per heavy atom. The molecule has 102 valence electrons. The van der Waals surface area contributed by atoms with Crippen LogP contribution in [0.3, 0.4) is 0 Å². The number of fused-ring (bicyclic) bond motifs is 2. The van der Waals surface area contributed by atoms with Crippen molar-refractivity contribution < 1.29 is 4.42 Å². The monoisotopic (exact) mass is 341 g/mol. The lowest BCUT2D eigenvalue weighted by atomic mass is 10.2. The first-order chi connectivity index (χ1) is 10.2. The van der Waals surface area contributed by atoms with Gasteiger partial charge in [0.05, 0.1) is 5.52 Å². The van der Waals surface area contributed by atoms with Crippen LogP contribution in [0.25, 0.3) is 27.7 Å². The smallest absolute Gasteiger partial charge is 0.362 e. The predicted molar refractivity (Wildman–Crippen MR) is 82.6 cm³/mol. The minimum atomic E-state index is -0.444. The van der Waals surface area contributed by atoms with E-state index in [1.165, 1.54) is 4.68 Å². The van der Waals surface area contributed by atoms with Crippen LogP contribution in [0.5, 0.6) is 0 Å². The summed E-state index contributed by atoms with van der Waals surface area (Å²) in [4.78, 5) is 12.2. The predicted octanol–water partition coefficient (Wildman–Crippen LogP) is 3.29. The van der Waals surface area contributed by atoms with Gasteiger partial charge in [-0.05, 0) is 36.4 Å². The van der Waals surface area contributed by atoms with E-state index in [0.717, 1.165) is 20.9 Å². The van der Waals surface area contributed by atoms with E-state index in [0.29, 0.717) is 11.3 Å². The first-order valence-electron chi connectivity index (χ1n) is 6.26. The van der Waals surface area contributed by atoms with Gasteiger partial charge in [0.1, 0.15) is 11.1 Å². The molecule has 0 amide bonds. The number of halogens is 1. The van der Waals surface area contributed by atoms with Crippen molar-refractivity contribution >= 4 is 37.9 Å². The zero-order valence-corrected chi connectivity index (χ0v) is 12.2. The van der Waals surface area contributed by atoms with Gasteiger partial charge in [0.2, 0.25) is 0 Å². The van der Waals surface area contributed by atoms with E-state index in [9.17, 15) is 4.79 Å². The molecule has 4 aromatic rings. The fraction of sp³-hybridized carbons (Fsp3) is 0. The maximum Gasteiger partial charge on any atom is 0.362 e. The molecule has 0 saturated heterocycles. The molecule has 0 aliphatic carbocycles. The molecule has 0 bridgehead atoms. The molecule has 0 radical (unpaired) electrons. The topological polar surface area (TPSA) is 60.9 Å². The Kier molecular flexibility index (Phi) is 2.65. The number of rotatable bonds is 1. The van der Waals surface area contributed by atoms with Crippen molar-refractivity contribution in [1.82, 2.24) is 15.0 Å². The van der Waals surface area contributed by atoms with Crippen LogP contribution in [0.1, 0.15) is 0 Å². The first kappa shape index (κ1) is 12.3. The summed E-state index contributed by atoms with van der Waals surface area (Å²) in [6.07, 6.45) is 0. The third-order valence-electron chi connectivity index (χ3n) is 3.26. The third-order valence-corrected chi connectivity index (χ3v) is 3.75. The number of nitrogens with zero attached hydrogens (tertiary/aromatic N) is 3. The molecule has 6 heteroatoms. The Morgan fingerprint density at radius 1 is 1.10 bits per heavy atom. The quantitative estimate of drug-likeness (QED) is 0.498. The molecule has 0 fully saturated rings. The van der Waals surface area contributed by atoms with Gasteiger partial charge in [-0.15, -0.1) is 5.10 Å². The van der Waals surface area contributed by atoms with Crippen molar-refractivity contribution in [3.05, 3.63) is 63.4 Å². The standard InChI is InChI=1S/C15H8BrN3O2/c16-10-5-6-14-9(7-10)8-13(15(20)21-14)19-12-4-2-1-3-11(12)17-18-19/h1-8H. The molecule has 0 aliphatic rings. The molecule has 0 aliphatic heterocycles. The van der Waals surface area contributed by atoms with Crippen molar-refractivity contribution in [1.29, 1.82) is 0 Å². The van der Waals surface area contributed by atoms with Crippen molar-refractivity contribution in [2.45, 2.75) is 0 Å². The van der Waals surface area contributed by atoms with Gasteiger partial charge >= 0.3 is 5.63 Å². The van der Waals surface area contributed by atoms with Crippen LogP contribution < -0.4 is 5.63 Å². The zero-order valence-electron chi connectivity index (χ0n) is 10.7. The molecular weight excluding hydrogens is 334 g/mol. The normalized spacial score (nSPS) is 11.3. The number of benzene rings is 2. The number of hydrogen-bond acceptors (Lipinski definition) is 4. The van der Waals surface area contributed by atoms with Gasteiger partial charge in [0.25, 0.3) is 0 Å². The van der Waals surface area contributed by atoms with E-state index in [-0.39, 0.29) is 0 Å². The summed E-state index contributed by atoms with van der Waals surface area (Å²) >= 11 is 3.41. The molecule has 0 spiro atoms. The SMILES string of the molecule is O=c1oc2ccc(Br)cc2cc1-n1nnc2ccccc21. The Morgan fingerprint density at radius 3 is 2.86 bits per heavy atom. The zero-order chi connectivity index (χ0) is 14.4. The number of aromatic nitrogens is 3. The highest BCUT2D eigenvalue weighted by molar-refractivity contribution is 9.10. The maximum absolute atomic E-state index is 12.2. The molecule has 2 heterocycles. The fourth-order valence-electron chi connectivity index (χ4n) is 2.28. The number of hydrogen-bond donors (Lipinski definition) is 0. The summed E-state index contributed by atoms with van der Waals surface area (Å²) in [6.45, 7) is 0. The molecule has 2 aromatic carbocycles. The molecule has 5 nitrogen and oxygen atoms in total. The largest absolute Gasteiger partial charge is 0.421 e. The summed E-state index contributed by atoms with van der Waals surface area (Å²) < 4.78 is 7.77. The van der Waals surface area contributed by atoms with Gasteiger partial charge in [0, 0.05) is 9.86 Å². The Hall–Kier alpha value is -2.47. The third kappa shape index (κ3) is 1.95. The van der Waals surface area contributed by atoms with Crippen molar-refractivity contribution in [3.8, 4) is 5.69 Å². The lowest BCUT2D eigenvalue weighted by Gasteiger charge is -2.03. The fourth-order valence-corrected chi connectivity index (χ4v) is 2.66. The Balaban J connectivity index is 2.05. The van der Waals surface area contributed by atoms with Gasteiger partial charge in [-0.2, -0.15) is 0 Å². The van der Waals surface area contributed by atoms with Crippen LogP contribution in [0.2, 0.25) is 0 Å². The lowest BCUT2D eigenvalue weighted by molar-refractivity contribution is 0.552. The van der Waals surface area contributed by atoms with Gasteiger partial charge in [-0.3, -0.25) is 0 Å². The van der Waals surface area contributed by atoms with Crippen LogP contribution in [-0.2, 0) is 0 Å². The lowest BCUT2D eigenvalue weighted by Crippen LogP contribution is -2.11. The molecule has 4 rings (SSSR count). The van der Waals surface area contributed by atoms with Crippen molar-refractivity contribution in [2.75, 3.05) is 0 Å². The molecular formula is C15H8BrN3O2. The maximum atomic E-state index is 12.2. The second kappa shape index (κ2) is 4.53. The van der Waals surface area contributed by atoms with Crippen molar-refractivity contribution in [3.63, 3.8) is 0 Å². The average molecular weight is 342 g/mol. The second-order valence-electron chi connectivity index (χ2n) is 4.59. The highest BCUT2D eigenvalue weighted by atomic mass is 79.9. The molecule has 0 atom stereocenters. The molecule has 0 saturated carbocycles.